The Morgan fingerprint density at radius 3 is 2.58 bits per heavy atom. The van der Waals surface area contributed by atoms with Gasteiger partial charge in [0.25, 0.3) is 0 Å². The normalized spacial score (nSPS) is 11.0. The summed E-state index contributed by atoms with van der Waals surface area (Å²) in [5.41, 5.74) is 2.55. The van der Waals surface area contributed by atoms with E-state index in [9.17, 15) is 8.42 Å². The van der Waals surface area contributed by atoms with Crippen LogP contribution in [0.1, 0.15) is 17.5 Å². The molecule has 0 unspecified atom stereocenters. The van der Waals surface area contributed by atoms with Crippen molar-refractivity contribution in [2.75, 3.05) is 18.1 Å². The van der Waals surface area contributed by atoms with Gasteiger partial charge in [-0.2, -0.15) is 0 Å². The van der Waals surface area contributed by atoms with E-state index in [0.29, 0.717) is 13.0 Å². The second kappa shape index (κ2) is 7.98. The summed E-state index contributed by atoms with van der Waals surface area (Å²) >= 11 is 0. The number of hydrogen-bond acceptors (Lipinski definition) is 5. The van der Waals surface area contributed by atoms with E-state index >= 15 is 0 Å². The molecule has 2 aromatic carbocycles. The highest BCUT2D eigenvalue weighted by molar-refractivity contribution is 7.89. The van der Waals surface area contributed by atoms with Gasteiger partial charge in [0.1, 0.15) is 12.1 Å². The van der Waals surface area contributed by atoms with E-state index in [4.69, 9.17) is 0 Å². The summed E-state index contributed by atoms with van der Waals surface area (Å²) in [6.07, 6.45) is 3.45. The molecular formula is C20H19N3O2S. The van der Waals surface area contributed by atoms with Crippen LogP contribution in [0.25, 0.3) is 10.9 Å². The molecule has 0 spiro atoms. The number of aromatic nitrogens is 2. The molecule has 0 aliphatic carbocycles. The van der Waals surface area contributed by atoms with E-state index in [2.05, 4.69) is 27.1 Å². The number of benzene rings is 2. The minimum absolute atomic E-state index is 0.0531. The first-order valence-corrected chi connectivity index (χ1v) is 10.3. The number of fused-ring (bicyclic) bond motifs is 1. The topological polar surface area (TPSA) is 72.0 Å². The average molecular weight is 365 g/mol. The van der Waals surface area contributed by atoms with E-state index in [0.717, 1.165) is 27.8 Å². The third-order valence-corrected chi connectivity index (χ3v) is 4.56. The summed E-state index contributed by atoms with van der Waals surface area (Å²) in [5.74, 6) is 7.06. The quantitative estimate of drug-likeness (QED) is 0.556. The Morgan fingerprint density at radius 1 is 1.04 bits per heavy atom. The molecule has 132 valence electrons. The van der Waals surface area contributed by atoms with Gasteiger partial charge in [-0.05, 0) is 29.8 Å². The van der Waals surface area contributed by atoms with E-state index < -0.39 is 9.84 Å². The van der Waals surface area contributed by atoms with Crippen molar-refractivity contribution in [3.8, 4) is 11.8 Å². The van der Waals surface area contributed by atoms with Crippen LogP contribution in [-0.2, 0) is 15.6 Å². The molecule has 0 aliphatic rings. The van der Waals surface area contributed by atoms with Crippen molar-refractivity contribution in [1.82, 2.24) is 9.97 Å². The minimum atomic E-state index is -3.01. The van der Waals surface area contributed by atoms with Crippen molar-refractivity contribution in [3.05, 3.63) is 66.0 Å². The largest absolute Gasteiger partial charge is 0.368 e. The predicted octanol–water partition coefficient (Wildman–Crippen LogP) is 3.03. The van der Waals surface area contributed by atoms with Crippen molar-refractivity contribution >= 4 is 26.6 Å². The lowest BCUT2D eigenvalue weighted by Gasteiger charge is -2.06. The zero-order valence-corrected chi connectivity index (χ0v) is 15.3. The summed E-state index contributed by atoms with van der Waals surface area (Å²) in [6, 6.07) is 15.1. The number of rotatable bonds is 5. The van der Waals surface area contributed by atoms with Crippen LogP contribution in [0.2, 0.25) is 0 Å². The molecule has 0 fully saturated rings. The van der Waals surface area contributed by atoms with Gasteiger partial charge < -0.3 is 5.32 Å². The number of para-hydroxylation sites is 1. The molecule has 3 aromatic rings. The number of hydrogen-bond donors (Lipinski definition) is 1. The van der Waals surface area contributed by atoms with E-state index in [1.807, 2.05) is 36.4 Å². The fraction of sp³-hybridized carbons (Fsp3) is 0.200. The molecule has 1 aromatic heterocycles. The van der Waals surface area contributed by atoms with Crippen LogP contribution in [0.15, 0.2) is 54.9 Å². The molecule has 3 rings (SSSR count). The number of anilines is 1. The highest BCUT2D eigenvalue weighted by atomic mass is 32.2. The molecule has 0 radical (unpaired) electrons. The predicted molar refractivity (Wildman–Crippen MR) is 105 cm³/mol. The second-order valence-corrected chi connectivity index (χ2v) is 8.13. The molecule has 0 amide bonds. The van der Waals surface area contributed by atoms with E-state index in [1.54, 1.807) is 18.5 Å². The van der Waals surface area contributed by atoms with Crippen molar-refractivity contribution in [2.45, 2.75) is 12.2 Å². The lowest BCUT2D eigenvalue weighted by molar-refractivity contribution is 0.601. The average Bonchev–Trinajstić information content (AvgIpc) is 2.62. The molecule has 5 nitrogen and oxygen atoms in total. The van der Waals surface area contributed by atoms with Gasteiger partial charge in [0, 0.05) is 30.2 Å². The Kier molecular flexibility index (Phi) is 5.49. The van der Waals surface area contributed by atoms with Crippen molar-refractivity contribution in [2.24, 2.45) is 0 Å². The molecule has 0 aliphatic heterocycles. The summed E-state index contributed by atoms with van der Waals surface area (Å²) in [4.78, 5) is 8.52. The maximum Gasteiger partial charge on any atom is 0.151 e. The first-order valence-electron chi connectivity index (χ1n) is 8.20. The minimum Gasteiger partial charge on any atom is -0.368 e. The molecule has 26 heavy (non-hydrogen) atoms. The molecule has 0 atom stereocenters. The molecule has 1 N–H and O–H groups in total. The monoisotopic (exact) mass is 365 g/mol. The first kappa shape index (κ1) is 17.9. The Hall–Kier alpha value is -2.91. The lowest BCUT2D eigenvalue weighted by Crippen LogP contribution is -2.03. The van der Waals surface area contributed by atoms with Crippen LogP contribution in [-0.4, -0.2) is 31.2 Å². The van der Waals surface area contributed by atoms with Crippen LogP contribution >= 0.6 is 0 Å². The summed E-state index contributed by atoms with van der Waals surface area (Å²) in [6.45, 7) is 0.681. The van der Waals surface area contributed by atoms with Gasteiger partial charge in [-0.25, -0.2) is 18.4 Å². The Bertz CT molecular complexity index is 1060. The number of nitrogens with zero attached hydrogens (tertiary/aromatic N) is 2. The van der Waals surface area contributed by atoms with E-state index in [1.165, 1.54) is 6.26 Å². The molecule has 1 heterocycles. The van der Waals surface area contributed by atoms with Gasteiger partial charge >= 0.3 is 0 Å². The molecule has 6 heteroatoms. The summed E-state index contributed by atoms with van der Waals surface area (Å²) in [5, 5.41) is 4.28. The van der Waals surface area contributed by atoms with Gasteiger partial charge in [0.2, 0.25) is 0 Å². The Morgan fingerprint density at radius 2 is 1.81 bits per heavy atom. The fourth-order valence-corrected chi connectivity index (χ4v) is 3.34. The zero-order chi connectivity index (χ0) is 18.4. The van der Waals surface area contributed by atoms with Crippen molar-refractivity contribution in [1.29, 1.82) is 0 Å². The fourth-order valence-electron chi connectivity index (χ4n) is 2.54. The van der Waals surface area contributed by atoms with Crippen molar-refractivity contribution < 1.29 is 8.42 Å². The van der Waals surface area contributed by atoms with Crippen molar-refractivity contribution in [3.63, 3.8) is 0 Å². The lowest BCUT2D eigenvalue weighted by atomic mass is 10.1. The third kappa shape index (κ3) is 5.04. The second-order valence-electron chi connectivity index (χ2n) is 5.98. The molecular weight excluding hydrogens is 346 g/mol. The number of nitrogens with one attached hydrogen (secondary N) is 1. The van der Waals surface area contributed by atoms with Crippen LogP contribution < -0.4 is 5.32 Å². The van der Waals surface area contributed by atoms with E-state index in [-0.39, 0.29) is 5.75 Å². The van der Waals surface area contributed by atoms with Crippen LogP contribution in [0.5, 0.6) is 0 Å². The maximum absolute atomic E-state index is 11.3. The van der Waals surface area contributed by atoms with Crippen LogP contribution in [0.3, 0.4) is 0 Å². The molecule has 0 saturated heterocycles. The zero-order valence-electron chi connectivity index (χ0n) is 14.4. The maximum atomic E-state index is 11.3. The summed E-state index contributed by atoms with van der Waals surface area (Å²) in [7, 11) is -3.01. The number of sulfone groups is 1. The molecule has 0 saturated carbocycles. The van der Waals surface area contributed by atoms with Gasteiger partial charge in [-0.1, -0.05) is 36.1 Å². The smallest absolute Gasteiger partial charge is 0.151 e. The highest BCUT2D eigenvalue weighted by Crippen LogP contribution is 2.17. The summed E-state index contributed by atoms with van der Waals surface area (Å²) < 4.78 is 22.6. The first-order chi connectivity index (χ1) is 12.5. The Balaban J connectivity index is 1.56. The third-order valence-electron chi connectivity index (χ3n) is 3.70. The highest BCUT2D eigenvalue weighted by Gasteiger charge is 2.03. The molecule has 0 bridgehead atoms. The SMILES string of the molecule is CS(=O)(=O)Cc1ccc(C#CCCNc2ncnc3ccccc23)cc1. The van der Waals surface area contributed by atoms with Gasteiger partial charge in [-0.3, -0.25) is 0 Å². The Labute approximate surface area is 153 Å². The van der Waals surface area contributed by atoms with Gasteiger partial charge in [0.05, 0.1) is 11.3 Å². The van der Waals surface area contributed by atoms with Gasteiger partial charge in [-0.15, -0.1) is 0 Å². The van der Waals surface area contributed by atoms with Gasteiger partial charge in [0.15, 0.2) is 9.84 Å². The van der Waals surface area contributed by atoms with Crippen LogP contribution in [0.4, 0.5) is 5.82 Å². The van der Waals surface area contributed by atoms with Crippen LogP contribution in [0, 0.1) is 11.8 Å². The standard InChI is InChI=1S/C20H19N3O2S/c1-26(24,25)14-17-11-9-16(10-12-17)6-4-5-13-21-20-18-7-2-3-8-19(18)22-15-23-20/h2-3,7-12,15H,5,13-14H2,1H3,(H,21,22,23).